The highest BCUT2D eigenvalue weighted by molar-refractivity contribution is 5.85. The number of carbonyl (C=O) groups is 1. The maximum absolute atomic E-state index is 10.3. The van der Waals surface area contributed by atoms with E-state index in [-0.39, 0.29) is 12.6 Å². The largest absolute Gasteiger partial charge is 0.478 e. The Morgan fingerprint density at radius 2 is 2.00 bits per heavy atom. The van der Waals surface area contributed by atoms with Gasteiger partial charge < -0.3 is 15.9 Å². The Morgan fingerprint density at radius 1 is 1.40 bits per heavy atom. The summed E-state index contributed by atoms with van der Waals surface area (Å²) in [6.07, 6.45) is 2.57. The smallest absolute Gasteiger partial charge is 0.328 e. The molecular formula is C11H13NO3. The topological polar surface area (TPSA) is 83.5 Å². The molecule has 0 aliphatic carbocycles. The van der Waals surface area contributed by atoms with E-state index in [4.69, 9.17) is 15.9 Å². The number of carboxylic acids is 1. The van der Waals surface area contributed by atoms with Crippen molar-refractivity contribution in [2.45, 2.75) is 6.04 Å². The number of nitrogens with two attached hydrogens (primary N) is 1. The van der Waals surface area contributed by atoms with Crippen LogP contribution >= 0.6 is 0 Å². The van der Waals surface area contributed by atoms with Crippen LogP contribution in [0.5, 0.6) is 0 Å². The van der Waals surface area contributed by atoms with Gasteiger partial charge in [0.2, 0.25) is 0 Å². The molecule has 0 heterocycles. The number of aliphatic hydroxyl groups is 1. The Kier molecular flexibility index (Phi) is 4.03. The quantitative estimate of drug-likeness (QED) is 0.637. The van der Waals surface area contributed by atoms with Crippen molar-refractivity contribution in [1.29, 1.82) is 0 Å². The number of carboxylic acid groups (broad SMARTS) is 1. The third kappa shape index (κ3) is 3.53. The first-order chi connectivity index (χ1) is 7.13. The van der Waals surface area contributed by atoms with Crippen LogP contribution in [0.25, 0.3) is 6.08 Å². The monoisotopic (exact) mass is 207 g/mol. The Morgan fingerprint density at radius 3 is 2.47 bits per heavy atom. The molecule has 4 heteroatoms. The lowest BCUT2D eigenvalue weighted by Gasteiger charge is -2.07. The van der Waals surface area contributed by atoms with Gasteiger partial charge in [-0.3, -0.25) is 0 Å². The van der Waals surface area contributed by atoms with Gasteiger partial charge in [0.25, 0.3) is 0 Å². The highest BCUT2D eigenvalue weighted by atomic mass is 16.4. The van der Waals surface area contributed by atoms with Crippen molar-refractivity contribution in [3.05, 3.63) is 41.5 Å². The van der Waals surface area contributed by atoms with E-state index < -0.39 is 5.97 Å². The fourth-order valence-corrected chi connectivity index (χ4v) is 1.13. The molecule has 15 heavy (non-hydrogen) atoms. The highest BCUT2D eigenvalue weighted by Gasteiger charge is 2.02. The zero-order chi connectivity index (χ0) is 11.3. The molecule has 4 N–H and O–H groups in total. The second-order valence-electron chi connectivity index (χ2n) is 3.13. The van der Waals surface area contributed by atoms with Crippen LogP contribution in [0.2, 0.25) is 0 Å². The standard InChI is InChI=1S/C11H13NO3/c12-10(7-13)9-4-1-8(2-5-9)3-6-11(14)15/h1-6,10,13H,7,12H2,(H,14,15)/b6-3+/t10-/m1/s1. The van der Waals surface area contributed by atoms with Crippen molar-refractivity contribution in [2.75, 3.05) is 6.61 Å². The molecule has 0 saturated heterocycles. The van der Waals surface area contributed by atoms with E-state index in [2.05, 4.69) is 0 Å². The second-order valence-corrected chi connectivity index (χ2v) is 3.13. The number of hydrogen-bond donors (Lipinski definition) is 3. The molecule has 0 fully saturated rings. The lowest BCUT2D eigenvalue weighted by molar-refractivity contribution is -0.131. The minimum Gasteiger partial charge on any atom is -0.478 e. The summed E-state index contributed by atoms with van der Waals surface area (Å²) in [5, 5.41) is 17.2. The van der Waals surface area contributed by atoms with E-state index in [0.717, 1.165) is 17.2 Å². The molecule has 0 amide bonds. The number of aliphatic carboxylic acids is 1. The van der Waals surface area contributed by atoms with Crippen LogP contribution in [0, 0.1) is 0 Å². The van der Waals surface area contributed by atoms with Crippen LogP contribution in [0.3, 0.4) is 0 Å². The summed E-state index contributed by atoms with van der Waals surface area (Å²) in [4.78, 5) is 10.3. The van der Waals surface area contributed by atoms with Crippen LogP contribution in [0.15, 0.2) is 30.3 Å². The molecule has 0 saturated carbocycles. The fourth-order valence-electron chi connectivity index (χ4n) is 1.13. The summed E-state index contributed by atoms with van der Waals surface area (Å²) >= 11 is 0. The van der Waals surface area contributed by atoms with E-state index in [0.29, 0.717) is 0 Å². The maximum atomic E-state index is 10.3. The van der Waals surface area contributed by atoms with Gasteiger partial charge in [0.15, 0.2) is 0 Å². The van der Waals surface area contributed by atoms with Gasteiger partial charge in [-0.25, -0.2) is 4.79 Å². The van der Waals surface area contributed by atoms with Crippen LogP contribution in [0.1, 0.15) is 17.2 Å². The Labute approximate surface area is 87.7 Å². The van der Waals surface area contributed by atoms with Gasteiger partial charge in [-0.15, -0.1) is 0 Å². The predicted octanol–water partition coefficient (Wildman–Crippen LogP) is 0.776. The molecule has 0 unspecified atom stereocenters. The molecule has 0 spiro atoms. The summed E-state index contributed by atoms with van der Waals surface area (Å²) in [5.41, 5.74) is 7.21. The highest BCUT2D eigenvalue weighted by Crippen LogP contribution is 2.11. The van der Waals surface area contributed by atoms with Crippen LogP contribution in [-0.4, -0.2) is 22.8 Å². The van der Waals surface area contributed by atoms with Crippen molar-refractivity contribution >= 4 is 12.0 Å². The Balaban J connectivity index is 2.76. The SMILES string of the molecule is N[C@H](CO)c1ccc(/C=C/C(=O)O)cc1. The first kappa shape index (κ1) is 11.4. The van der Waals surface area contributed by atoms with Crippen molar-refractivity contribution < 1.29 is 15.0 Å². The molecule has 1 rings (SSSR count). The zero-order valence-electron chi connectivity index (χ0n) is 8.13. The van der Waals surface area contributed by atoms with Gasteiger partial charge in [0.1, 0.15) is 0 Å². The first-order valence-electron chi connectivity index (χ1n) is 4.51. The van der Waals surface area contributed by atoms with Gasteiger partial charge in [-0.05, 0) is 17.2 Å². The Hall–Kier alpha value is -1.65. The summed E-state index contributed by atoms with van der Waals surface area (Å²) in [7, 11) is 0. The van der Waals surface area contributed by atoms with E-state index >= 15 is 0 Å². The molecule has 4 nitrogen and oxygen atoms in total. The van der Waals surface area contributed by atoms with Gasteiger partial charge >= 0.3 is 5.97 Å². The zero-order valence-corrected chi connectivity index (χ0v) is 8.13. The molecule has 0 aliphatic rings. The van der Waals surface area contributed by atoms with E-state index in [1.54, 1.807) is 24.3 Å². The van der Waals surface area contributed by atoms with Crippen LogP contribution in [-0.2, 0) is 4.79 Å². The minimum absolute atomic E-state index is 0.107. The van der Waals surface area contributed by atoms with Crippen molar-refractivity contribution in [3.8, 4) is 0 Å². The average Bonchev–Trinajstić information content (AvgIpc) is 2.26. The molecule has 1 atom stereocenters. The molecule has 0 aliphatic heterocycles. The molecule has 1 aromatic rings. The summed E-state index contributed by atoms with van der Waals surface area (Å²) in [5.74, 6) is -0.980. The van der Waals surface area contributed by atoms with Gasteiger partial charge in [0, 0.05) is 6.08 Å². The number of aliphatic hydroxyl groups excluding tert-OH is 1. The molecular weight excluding hydrogens is 194 g/mol. The van der Waals surface area contributed by atoms with Crippen molar-refractivity contribution in [2.24, 2.45) is 5.73 Å². The van der Waals surface area contributed by atoms with Gasteiger partial charge in [-0.2, -0.15) is 0 Å². The summed E-state index contributed by atoms with van der Waals surface area (Å²) < 4.78 is 0. The van der Waals surface area contributed by atoms with E-state index in [9.17, 15) is 4.79 Å². The fraction of sp³-hybridized carbons (Fsp3) is 0.182. The maximum Gasteiger partial charge on any atom is 0.328 e. The normalized spacial score (nSPS) is 12.9. The molecule has 1 aromatic carbocycles. The van der Waals surface area contributed by atoms with Gasteiger partial charge in [0.05, 0.1) is 12.6 Å². The number of rotatable bonds is 4. The van der Waals surface area contributed by atoms with Crippen LogP contribution in [0.4, 0.5) is 0 Å². The second kappa shape index (κ2) is 5.29. The van der Waals surface area contributed by atoms with Crippen molar-refractivity contribution in [1.82, 2.24) is 0 Å². The predicted molar refractivity (Wildman–Crippen MR) is 57.1 cm³/mol. The average molecular weight is 207 g/mol. The first-order valence-corrected chi connectivity index (χ1v) is 4.51. The van der Waals surface area contributed by atoms with E-state index in [1.165, 1.54) is 6.08 Å². The lowest BCUT2D eigenvalue weighted by Crippen LogP contribution is -2.14. The summed E-state index contributed by atoms with van der Waals surface area (Å²) in [6, 6.07) is 6.65. The summed E-state index contributed by atoms with van der Waals surface area (Å²) in [6.45, 7) is -0.107. The number of hydrogen-bond acceptors (Lipinski definition) is 3. The van der Waals surface area contributed by atoms with Crippen molar-refractivity contribution in [3.63, 3.8) is 0 Å². The minimum atomic E-state index is -0.980. The third-order valence-electron chi connectivity index (χ3n) is 1.98. The van der Waals surface area contributed by atoms with E-state index in [1.807, 2.05) is 0 Å². The molecule has 80 valence electrons. The third-order valence-corrected chi connectivity index (χ3v) is 1.98. The number of benzene rings is 1. The molecule has 0 bridgehead atoms. The molecule has 0 radical (unpaired) electrons. The van der Waals surface area contributed by atoms with Crippen LogP contribution < -0.4 is 5.73 Å². The Bertz CT molecular complexity index is 357. The van der Waals surface area contributed by atoms with Gasteiger partial charge in [-0.1, -0.05) is 24.3 Å². The molecule has 0 aromatic heterocycles. The lowest BCUT2D eigenvalue weighted by atomic mass is 10.1.